The second kappa shape index (κ2) is 7.53. The van der Waals surface area contributed by atoms with Crippen LogP contribution in [0.15, 0.2) is 11.5 Å². The van der Waals surface area contributed by atoms with Gasteiger partial charge >= 0.3 is 23.0 Å². The monoisotopic (exact) mass is 335 g/mol. The molecule has 1 radical (unpaired) electrons. The van der Waals surface area contributed by atoms with E-state index in [0.29, 0.717) is 0 Å². The summed E-state index contributed by atoms with van der Waals surface area (Å²) in [4.78, 5) is 10.5. The van der Waals surface area contributed by atoms with Gasteiger partial charge in [-0.3, -0.25) is 8.42 Å². The maximum Gasteiger partial charge on any atom is 2.00 e. The minimum atomic E-state index is -5.17. The molecule has 109 valence electrons. The summed E-state index contributed by atoms with van der Waals surface area (Å²) in [6, 6.07) is 0. The summed E-state index contributed by atoms with van der Waals surface area (Å²) in [5, 5.41) is 35.0. The van der Waals surface area contributed by atoms with E-state index in [0.717, 1.165) is 0 Å². The van der Waals surface area contributed by atoms with Gasteiger partial charge in [-0.25, -0.2) is 4.79 Å². The van der Waals surface area contributed by atoms with Crippen LogP contribution >= 0.6 is 0 Å². The molecule has 0 saturated heterocycles. The molecule has 1 heterocycles. The number of hydrogen-bond acceptors (Lipinski definition) is 10. The van der Waals surface area contributed by atoms with Crippen LogP contribution in [-0.2, 0) is 37.0 Å². The Labute approximate surface area is 112 Å². The summed E-state index contributed by atoms with van der Waals surface area (Å²) < 4.78 is 38.4. The average Bonchev–Trinajstić information content (AvgIpc) is 2.42. The van der Waals surface area contributed by atoms with Crippen molar-refractivity contribution >= 4 is 16.4 Å². The van der Waals surface area contributed by atoms with Crippen molar-refractivity contribution in [3.63, 3.8) is 0 Å². The number of ether oxygens (including phenoxy) is 1. The molecule has 0 aliphatic carbocycles. The van der Waals surface area contributed by atoms with Crippen LogP contribution in [0, 0.1) is 0 Å². The van der Waals surface area contributed by atoms with Gasteiger partial charge in [0.05, 0.1) is 6.61 Å². The predicted molar refractivity (Wildman–Crippen MR) is 45.7 cm³/mol. The van der Waals surface area contributed by atoms with E-state index in [-0.39, 0.29) is 17.1 Å². The van der Waals surface area contributed by atoms with Gasteiger partial charge < -0.3 is 34.3 Å². The molecular weight excluding hydrogens is 328 g/mol. The fourth-order valence-corrected chi connectivity index (χ4v) is 0.823. The van der Waals surface area contributed by atoms with E-state index in [4.69, 9.17) is 37.9 Å². The summed E-state index contributed by atoms with van der Waals surface area (Å²) in [6.07, 6.45) is -2.78. The van der Waals surface area contributed by atoms with Crippen LogP contribution in [0.25, 0.3) is 0 Å². The van der Waals surface area contributed by atoms with Crippen molar-refractivity contribution in [2.75, 3.05) is 6.61 Å². The number of carbonyl (C=O) groups excluding carboxylic acids is 1. The van der Waals surface area contributed by atoms with Gasteiger partial charge in [-0.1, -0.05) is 0 Å². The first-order chi connectivity index (χ1) is 7.57. The molecule has 1 aliphatic heterocycles. The van der Waals surface area contributed by atoms with E-state index in [2.05, 4.69) is 4.74 Å². The zero-order valence-electron chi connectivity index (χ0n) is 8.31. The molecule has 0 bridgehead atoms. The summed E-state index contributed by atoms with van der Waals surface area (Å²) >= 11 is 0. The Bertz CT molecular complexity index is 406. The molecule has 4 N–H and O–H groups in total. The van der Waals surface area contributed by atoms with E-state index in [9.17, 15) is 4.79 Å². The summed E-state index contributed by atoms with van der Waals surface area (Å²) in [5.41, 5.74) is 0. The first-order valence-electron chi connectivity index (χ1n) is 3.86. The van der Waals surface area contributed by atoms with Crippen LogP contribution in [0.1, 0.15) is 0 Å². The van der Waals surface area contributed by atoms with Gasteiger partial charge in [-0.2, -0.15) is 0 Å². The molecule has 1 aliphatic rings. The van der Waals surface area contributed by atoms with E-state index in [1.54, 1.807) is 0 Å². The minimum Gasteiger partial charge on any atom is -0.759 e. The Balaban J connectivity index is 0. The fraction of sp³-hybridized carbons (Fsp3) is 0.500. The summed E-state index contributed by atoms with van der Waals surface area (Å²) in [5.74, 6) is -2.78. The maximum atomic E-state index is 10.5. The second-order valence-electron chi connectivity index (χ2n) is 2.72. The number of aliphatic hydroxyl groups is 4. The first-order valence-corrected chi connectivity index (χ1v) is 5.20. The van der Waals surface area contributed by atoms with E-state index >= 15 is 0 Å². The van der Waals surface area contributed by atoms with Crippen molar-refractivity contribution in [2.24, 2.45) is 0 Å². The maximum absolute atomic E-state index is 10.5. The second-order valence-corrected chi connectivity index (χ2v) is 3.53. The molecule has 0 unspecified atom stereocenters. The first kappa shape index (κ1) is 19.5. The van der Waals surface area contributed by atoms with Gasteiger partial charge in [0.2, 0.25) is 5.76 Å². The number of esters is 1. The molecule has 2 atom stereocenters. The Kier molecular flexibility index (Phi) is 8.14. The van der Waals surface area contributed by atoms with Gasteiger partial charge in [-0.05, 0) is 0 Å². The fourth-order valence-electron chi connectivity index (χ4n) is 0.823. The van der Waals surface area contributed by atoms with Crippen LogP contribution in [-0.4, -0.2) is 62.7 Å². The smallest absolute Gasteiger partial charge is 0.759 e. The molecule has 0 aromatic rings. The van der Waals surface area contributed by atoms with Crippen molar-refractivity contribution in [3.05, 3.63) is 11.5 Å². The molecule has 12 heteroatoms. The van der Waals surface area contributed by atoms with Gasteiger partial charge in [0, 0.05) is 10.4 Å². The zero-order valence-corrected chi connectivity index (χ0v) is 10.1. The zero-order chi connectivity index (χ0) is 13.8. The largest absolute Gasteiger partial charge is 2.00 e. The van der Waals surface area contributed by atoms with Crippen molar-refractivity contribution in [2.45, 2.75) is 12.2 Å². The number of rotatable bonds is 2. The number of aliphatic hydroxyl groups excluding tert-OH is 4. The number of carbonyl (C=O) groups is 1. The van der Waals surface area contributed by atoms with Gasteiger partial charge in [-0.15, -0.1) is 0 Å². The van der Waals surface area contributed by atoms with Crippen molar-refractivity contribution in [1.29, 1.82) is 0 Å². The third-order valence-corrected chi connectivity index (χ3v) is 1.48. The number of cyclic esters (lactones) is 1. The molecule has 18 heavy (non-hydrogen) atoms. The molecule has 0 amide bonds. The Morgan fingerprint density at radius 2 is 1.72 bits per heavy atom. The molecule has 0 aromatic carbocycles. The predicted octanol–water partition coefficient (Wildman–Crippen LogP) is -2.75. The normalized spacial score (nSPS) is 20.4. The van der Waals surface area contributed by atoms with E-state index in [1.807, 2.05) is 0 Å². The van der Waals surface area contributed by atoms with Crippen molar-refractivity contribution in [3.8, 4) is 0 Å². The molecule has 10 nitrogen and oxygen atoms in total. The number of hydrogen-bond donors (Lipinski definition) is 4. The quantitative estimate of drug-likeness (QED) is 0.178. The van der Waals surface area contributed by atoms with Crippen LogP contribution in [0.5, 0.6) is 0 Å². The Hall–Kier alpha value is -0.881. The van der Waals surface area contributed by atoms with Crippen LogP contribution in [0.2, 0.25) is 0 Å². The third kappa shape index (κ3) is 6.76. The van der Waals surface area contributed by atoms with Crippen LogP contribution < -0.4 is 0 Å². The molecule has 1 rings (SSSR count). The Morgan fingerprint density at radius 1 is 1.33 bits per heavy atom. The van der Waals surface area contributed by atoms with Gasteiger partial charge in [0.25, 0.3) is 0 Å². The van der Waals surface area contributed by atoms with E-state index < -0.39 is 46.7 Å². The SMILES string of the molecule is O=C1O[C@@H]([C@@H](O)CO)C(O)=C1O.O=S(=O)([O-])[O-].[Cu+2]. The van der Waals surface area contributed by atoms with Crippen molar-refractivity contribution in [1.82, 2.24) is 0 Å². The van der Waals surface area contributed by atoms with E-state index in [1.165, 1.54) is 0 Å². The summed E-state index contributed by atoms with van der Waals surface area (Å²) in [6.45, 7) is -0.671. The standard InChI is InChI=1S/C6H8O6.Cu.H2O4S/c7-1-2(8)5-3(9)4(10)6(11)12-5;;1-5(2,3)4/h2,5,7-10H,1H2;;(H2,1,2,3,4)/q;+2;/p-2/t2-,5-;;/m0../s1. The summed E-state index contributed by atoms with van der Waals surface area (Å²) in [7, 11) is -5.17. The van der Waals surface area contributed by atoms with Crippen molar-refractivity contribution < 1.29 is 64.5 Å². The average molecular weight is 336 g/mol. The molecule has 0 aromatic heterocycles. The Morgan fingerprint density at radius 3 is 1.94 bits per heavy atom. The van der Waals surface area contributed by atoms with Crippen LogP contribution in [0.4, 0.5) is 0 Å². The molecular formula is C6H8CuO10S. The third-order valence-electron chi connectivity index (χ3n) is 1.48. The van der Waals surface area contributed by atoms with Gasteiger partial charge in [0.15, 0.2) is 11.9 Å². The van der Waals surface area contributed by atoms with Gasteiger partial charge in [0.1, 0.15) is 6.10 Å². The topological polar surface area (TPSA) is 187 Å². The molecule has 0 saturated carbocycles. The molecule has 0 spiro atoms. The minimum absolute atomic E-state index is 0. The van der Waals surface area contributed by atoms with Crippen LogP contribution in [0.3, 0.4) is 0 Å². The molecule has 0 fully saturated rings.